The third-order valence-corrected chi connectivity index (χ3v) is 5.63. The standard InChI is InChI=1S/C22H21N3O3S/c1-4-27-19-12-8-6-10-16(19)20-23-18(14(2)28-20)13-29-22-24-17-11-7-5-9-15(17)21(26)25(22)3/h5-12H,4,13H2,1-3H3. The molecule has 0 N–H and O–H groups in total. The maximum Gasteiger partial charge on any atom is 0.261 e. The van der Waals surface area contributed by atoms with Crippen molar-refractivity contribution in [2.24, 2.45) is 7.05 Å². The molecule has 29 heavy (non-hydrogen) atoms. The van der Waals surface area contributed by atoms with Gasteiger partial charge < -0.3 is 9.15 Å². The van der Waals surface area contributed by atoms with E-state index in [1.807, 2.05) is 56.3 Å². The van der Waals surface area contributed by atoms with E-state index in [-0.39, 0.29) is 5.56 Å². The summed E-state index contributed by atoms with van der Waals surface area (Å²) >= 11 is 1.46. The number of aryl methyl sites for hydroxylation is 1. The van der Waals surface area contributed by atoms with Crippen LogP contribution in [0.3, 0.4) is 0 Å². The zero-order chi connectivity index (χ0) is 20.4. The predicted octanol–water partition coefficient (Wildman–Crippen LogP) is 4.59. The molecule has 0 spiro atoms. The smallest absolute Gasteiger partial charge is 0.261 e. The van der Waals surface area contributed by atoms with Crippen LogP contribution in [0.5, 0.6) is 5.75 Å². The summed E-state index contributed by atoms with van der Waals surface area (Å²) in [5.41, 5.74) is 2.28. The van der Waals surface area contributed by atoms with Gasteiger partial charge in [-0.1, -0.05) is 36.0 Å². The zero-order valence-corrected chi connectivity index (χ0v) is 17.3. The van der Waals surface area contributed by atoms with Gasteiger partial charge in [0.15, 0.2) is 5.16 Å². The van der Waals surface area contributed by atoms with Gasteiger partial charge in [0.2, 0.25) is 5.89 Å². The highest BCUT2D eigenvalue weighted by molar-refractivity contribution is 7.98. The Morgan fingerprint density at radius 3 is 2.69 bits per heavy atom. The largest absolute Gasteiger partial charge is 0.493 e. The van der Waals surface area contributed by atoms with E-state index in [0.29, 0.717) is 34.3 Å². The minimum absolute atomic E-state index is 0.0543. The minimum Gasteiger partial charge on any atom is -0.493 e. The number of fused-ring (bicyclic) bond motifs is 1. The molecule has 0 saturated heterocycles. The molecule has 0 aliphatic rings. The number of thioether (sulfide) groups is 1. The van der Waals surface area contributed by atoms with Crippen LogP contribution in [0.15, 0.2) is 62.9 Å². The first-order valence-electron chi connectivity index (χ1n) is 9.35. The monoisotopic (exact) mass is 407 g/mol. The maximum absolute atomic E-state index is 12.6. The van der Waals surface area contributed by atoms with E-state index in [0.717, 1.165) is 22.8 Å². The number of nitrogens with zero attached hydrogens (tertiary/aromatic N) is 3. The van der Waals surface area contributed by atoms with E-state index in [1.54, 1.807) is 17.7 Å². The first-order valence-corrected chi connectivity index (χ1v) is 10.3. The topological polar surface area (TPSA) is 70.2 Å². The van der Waals surface area contributed by atoms with Gasteiger partial charge in [-0.25, -0.2) is 9.97 Å². The second-order valence-corrected chi connectivity index (χ2v) is 7.46. The van der Waals surface area contributed by atoms with Gasteiger partial charge in [-0.2, -0.15) is 0 Å². The summed E-state index contributed by atoms with van der Waals surface area (Å²) in [6.07, 6.45) is 0. The van der Waals surface area contributed by atoms with Crippen molar-refractivity contribution in [2.75, 3.05) is 6.61 Å². The van der Waals surface area contributed by atoms with E-state index in [9.17, 15) is 4.79 Å². The van der Waals surface area contributed by atoms with E-state index in [4.69, 9.17) is 9.15 Å². The average Bonchev–Trinajstić information content (AvgIpc) is 3.11. The Bertz CT molecular complexity index is 1230. The molecular weight excluding hydrogens is 386 g/mol. The molecule has 2 heterocycles. The van der Waals surface area contributed by atoms with Crippen LogP contribution in [0.4, 0.5) is 0 Å². The van der Waals surface area contributed by atoms with Crippen molar-refractivity contribution >= 4 is 22.7 Å². The number of ether oxygens (including phenoxy) is 1. The molecule has 6 nitrogen and oxygen atoms in total. The highest BCUT2D eigenvalue weighted by Crippen LogP contribution is 2.32. The highest BCUT2D eigenvalue weighted by Gasteiger charge is 2.16. The molecule has 0 radical (unpaired) electrons. The Morgan fingerprint density at radius 2 is 1.86 bits per heavy atom. The van der Waals surface area contributed by atoms with Crippen molar-refractivity contribution in [3.63, 3.8) is 0 Å². The second kappa shape index (κ2) is 8.13. The van der Waals surface area contributed by atoms with Crippen LogP contribution in [0, 0.1) is 6.92 Å². The summed E-state index contributed by atoms with van der Waals surface area (Å²) in [6.45, 7) is 4.41. The normalized spacial score (nSPS) is 11.1. The molecule has 4 aromatic rings. The maximum atomic E-state index is 12.6. The molecule has 2 aromatic carbocycles. The number of para-hydroxylation sites is 2. The fourth-order valence-electron chi connectivity index (χ4n) is 3.06. The first kappa shape index (κ1) is 19.3. The minimum atomic E-state index is -0.0543. The predicted molar refractivity (Wildman–Crippen MR) is 114 cm³/mol. The van der Waals surface area contributed by atoms with Crippen molar-refractivity contribution in [3.05, 3.63) is 70.3 Å². The van der Waals surface area contributed by atoms with Gasteiger partial charge in [0.25, 0.3) is 5.56 Å². The fourth-order valence-corrected chi connectivity index (χ4v) is 4.03. The summed E-state index contributed by atoms with van der Waals surface area (Å²) < 4.78 is 13.2. The highest BCUT2D eigenvalue weighted by atomic mass is 32.2. The molecule has 0 saturated carbocycles. The van der Waals surface area contributed by atoms with E-state index >= 15 is 0 Å². The van der Waals surface area contributed by atoms with Gasteiger partial charge in [-0.05, 0) is 38.1 Å². The van der Waals surface area contributed by atoms with Crippen LogP contribution < -0.4 is 10.3 Å². The lowest BCUT2D eigenvalue weighted by Crippen LogP contribution is -2.19. The Balaban J connectivity index is 1.62. The van der Waals surface area contributed by atoms with Crippen molar-refractivity contribution in [3.8, 4) is 17.2 Å². The van der Waals surface area contributed by atoms with Crippen LogP contribution in [0.25, 0.3) is 22.4 Å². The van der Waals surface area contributed by atoms with E-state index < -0.39 is 0 Å². The van der Waals surface area contributed by atoms with Crippen molar-refractivity contribution < 1.29 is 9.15 Å². The molecule has 0 aliphatic carbocycles. The van der Waals surface area contributed by atoms with Gasteiger partial charge in [0, 0.05) is 12.8 Å². The molecule has 0 amide bonds. The molecule has 148 valence electrons. The van der Waals surface area contributed by atoms with Crippen molar-refractivity contribution in [2.45, 2.75) is 24.8 Å². The van der Waals surface area contributed by atoms with Crippen molar-refractivity contribution in [1.29, 1.82) is 0 Å². The molecule has 7 heteroatoms. The van der Waals surface area contributed by atoms with Gasteiger partial charge >= 0.3 is 0 Å². The number of oxazole rings is 1. The van der Waals surface area contributed by atoms with Gasteiger partial charge in [-0.15, -0.1) is 0 Å². The molecule has 0 fully saturated rings. The summed E-state index contributed by atoms with van der Waals surface area (Å²) in [4.78, 5) is 21.9. The lowest BCUT2D eigenvalue weighted by Gasteiger charge is -2.08. The lowest BCUT2D eigenvalue weighted by molar-refractivity contribution is 0.340. The summed E-state index contributed by atoms with van der Waals surface area (Å²) in [5, 5.41) is 1.26. The summed E-state index contributed by atoms with van der Waals surface area (Å²) in [7, 11) is 1.74. The van der Waals surface area contributed by atoms with Gasteiger partial charge in [-0.3, -0.25) is 9.36 Å². The third-order valence-electron chi connectivity index (χ3n) is 4.59. The molecule has 0 unspecified atom stereocenters. The van der Waals surface area contributed by atoms with Crippen LogP contribution in [-0.4, -0.2) is 21.1 Å². The fraction of sp³-hybridized carbons (Fsp3) is 0.227. The molecule has 0 atom stereocenters. The Hall–Kier alpha value is -3.06. The SMILES string of the molecule is CCOc1ccccc1-c1nc(CSc2nc3ccccc3c(=O)n2C)c(C)o1. The lowest BCUT2D eigenvalue weighted by atomic mass is 10.2. The number of hydrogen-bond donors (Lipinski definition) is 0. The number of rotatable bonds is 6. The number of benzene rings is 2. The van der Waals surface area contributed by atoms with Crippen molar-refractivity contribution in [1.82, 2.24) is 14.5 Å². The van der Waals surface area contributed by atoms with E-state index in [2.05, 4.69) is 9.97 Å². The molecular formula is C22H21N3O3S. The summed E-state index contributed by atoms with van der Waals surface area (Å²) in [5.74, 6) is 2.56. The number of aromatic nitrogens is 3. The van der Waals surface area contributed by atoms with E-state index in [1.165, 1.54) is 11.8 Å². The van der Waals surface area contributed by atoms with Crippen LogP contribution >= 0.6 is 11.8 Å². The quantitative estimate of drug-likeness (QED) is 0.344. The van der Waals surface area contributed by atoms with Crippen LogP contribution in [0.1, 0.15) is 18.4 Å². The van der Waals surface area contributed by atoms with Gasteiger partial charge in [0.1, 0.15) is 11.5 Å². The summed E-state index contributed by atoms with van der Waals surface area (Å²) in [6, 6.07) is 15.1. The third kappa shape index (κ3) is 3.78. The molecule has 0 bridgehead atoms. The molecule has 4 rings (SSSR count). The van der Waals surface area contributed by atoms with Gasteiger partial charge in [0.05, 0.1) is 28.8 Å². The average molecular weight is 407 g/mol. The van der Waals surface area contributed by atoms with Crippen LogP contribution in [0.2, 0.25) is 0 Å². The first-order chi connectivity index (χ1) is 14.1. The Morgan fingerprint density at radius 1 is 1.10 bits per heavy atom. The Kier molecular flexibility index (Phi) is 5.40. The molecule has 2 aromatic heterocycles. The number of hydrogen-bond acceptors (Lipinski definition) is 6. The molecule has 0 aliphatic heterocycles. The second-order valence-electron chi connectivity index (χ2n) is 6.52. The van der Waals surface area contributed by atoms with Crippen LogP contribution in [-0.2, 0) is 12.8 Å². The zero-order valence-electron chi connectivity index (χ0n) is 16.5. The Labute approximate surface area is 172 Å².